The second-order valence-corrected chi connectivity index (χ2v) is 6.66. The molecular formula is C14H28N2. The minimum absolute atomic E-state index is 0.468. The lowest BCUT2D eigenvalue weighted by Gasteiger charge is -2.50. The van der Waals surface area contributed by atoms with Gasteiger partial charge in [-0.15, -0.1) is 0 Å². The Morgan fingerprint density at radius 2 is 1.75 bits per heavy atom. The number of nitrogens with two attached hydrogens (primary N) is 1. The second kappa shape index (κ2) is 4.66. The highest BCUT2D eigenvalue weighted by Crippen LogP contribution is 2.36. The predicted octanol–water partition coefficient (Wildman–Crippen LogP) is 2.77. The van der Waals surface area contributed by atoms with E-state index < -0.39 is 0 Å². The Balaban J connectivity index is 2.03. The van der Waals surface area contributed by atoms with Crippen molar-refractivity contribution in [3.63, 3.8) is 0 Å². The van der Waals surface area contributed by atoms with E-state index in [-0.39, 0.29) is 0 Å². The third-order valence-electron chi connectivity index (χ3n) is 4.73. The summed E-state index contributed by atoms with van der Waals surface area (Å²) in [6.07, 6.45) is 7.92. The van der Waals surface area contributed by atoms with Crippen LogP contribution in [0.4, 0.5) is 0 Å². The molecule has 0 aromatic rings. The van der Waals surface area contributed by atoms with E-state index in [4.69, 9.17) is 5.73 Å². The van der Waals surface area contributed by atoms with Gasteiger partial charge in [-0.3, -0.25) is 4.90 Å². The van der Waals surface area contributed by atoms with Gasteiger partial charge in [0.15, 0.2) is 0 Å². The summed E-state index contributed by atoms with van der Waals surface area (Å²) < 4.78 is 0. The van der Waals surface area contributed by atoms with Gasteiger partial charge in [-0.1, -0.05) is 27.2 Å². The predicted molar refractivity (Wildman–Crippen MR) is 69.4 cm³/mol. The Bertz CT molecular complexity index is 223. The molecule has 2 N–H and O–H groups in total. The molecule has 0 saturated carbocycles. The highest BCUT2D eigenvalue weighted by atomic mass is 15.2. The molecule has 16 heavy (non-hydrogen) atoms. The van der Waals surface area contributed by atoms with Crippen LogP contribution in [0.2, 0.25) is 0 Å². The molecule has 0 spiro atoms. The third-order valence-corrected chi connectivity index (χ3v) is 4.73. The Morgan fingerprint density at radius 3 is 2.25 bits per heavy atom. The van der Waals surface area contributed by atoms with E-state index in [0.717, 1.165) is 12.1 Å². The van der Waals surface area contributed by atoms with Crippen LogP contribution in [0.25, 0.3) is 0 Å². The van der Waals surface area contributed by atoms with E-state index >= 15 is 0 Å². The van der Waals surface area contributed by atoms with Crippen LogP contribution < -0.4 is 5.73 Å². The molecule has 2 heterocycles. The molecule has 2 unspecified atom stereocenters. The monoisotopic (exact) mass is 224 g/mol. The summed E-state index contributed by atoms with van der Waals surface area (Å²) >= 11 is 0. The van der Waals surface area contributed by atoms with Crippen LogP contribution in [0.3, 0.4) is 0 Å². The largest absolute Gasteiger partial charge is 0.328 e. The van der Waals surface area contributed by atoms with E-state index in [0.29, 0.717) is 11.5 Å². The normalized spacial score (nSPS) is 36.4. The average molecular weight is 224 g/mol. The SMILES string of the molecule is CCC(C)(C)CN1C2CCCC1CC(N)C2. The van der Waals surface area contributed by atoms with Crippen LogP contribution in [-0.2, 0) is 0 Å². The van der Waals surface area contributed by atoms with Gasteiger partial charge >= 0.3 is 0 Å². The number of nitrogens with zero attached hydrogens (tertiary/aromatic N) is 1. The van der Waals surface area contributed by atoms with Gasteiger partial charge in [-0.05, 0) is 37.5 Å². The van der Waals surface area contributed by atoms with Crippen molar-refractivity contribution in [2.75, 3.05) is 6.54 Å². The molecule has 2 atom stereocenters. The van der Waals surface area contributed by atoms with Crippen molar-refractivity contribution in [1.29, 1.82) is 0 Å². The Morgan fingerprint density at radius 1 is 1.19 bits per heavy atom. The standard InChI is InChI=1S/C14H28N2/c1-4-14(2,3)10-16-12-6-5-7-13(16)9-11(15)8-12/h11-13H,4-10,15H2,1-3H3. The van der Waals surface area contributed by atoms with Crippen LogP contribution in [-0.4, -0.2) is 29.6 Å². The molecule has 2 nitrogen and oxygen atoms in total. The van der Waals surface area contributed by atoms with Gasteiger partial charge in [0.25, 0.3) is 0 Å². The lowest BCUT2D eigenvalue weighted by molar-refractivity contribution is 0.00229. The van der Waals surface area contributed by atoms with Crippen LogP contribution in [0, 0.1) is 5.41 Å². The van der Waals surface area contributed by atoms with Crippen LogP contribution in [0.1, 0.15) is 59.3 Å². The summed E-state index contributed by atoms with van der Waals surface area (Å²) in [7, 11) is 0. The van der Waals surface area contributed by atoms with Crippen molar-refractivity contribution in [2.24, 2.45) is 11.1 Å². The Hall–Kier alpha value is -0.0800. The highest BCUT2D eigenvalue weighted by Gasteiger charge is 2.38. The third kappa shape index (κ3) is 2.60. The van der Waals surface area contributed by atoms with Crippen LogP contribution >= 0.6 is 0 Å². The first-order valence-electron chi connectivity index (χ1n) is 7.03. The van der Waals surface area contributed by atoms with Crippen LogP contribution in [0.5, 0.6) is 0 Å². The van der Waals surface area contributed by atoms with Gasteiger partial charge in [0.2, 0.25) is 0 Å². The zero-order chi connectivity index (χ0) is 11.8. The smallest absolute Gasteiger partial charge is 0.0113 e. The topological polar surface area (TPSA) is 29.3 Å². The molecule has 2 bridgehead atoms. The van der Waals surface area contributed by atoms with Gasteiger partial charge in [0.05, 0.1) is 0 Å². The van der Waals surface area contributed by atoms with E-state index in [2.05, 4.69) is 25.7 Å². The van der Waals surface area contributed by atoms with Crippen molar-refractivity contribution >= 4 is 0 Å². The summed E-state index contributed by atoms with van der Waals surface area (Å²) in [4.78, 5) is 2.79. The molecule has 2 heteroatoms. The van der Waals surface area contributed by atoms with Gasteiger partial charge in [0.1, 0.15) is 0 Å². The highest BCUT2D eigenvalue weighted by molar-refractivity contribution is 4.95. The number of piperidine rings is 2. The molecular weight excluding hydrogens is 196 g/mol. The maximum absolute atomic E-state index is 6.16. The van der Waals surface area contributed by atoms with Crippen molar-refractivity contribution in [3.05, 3.63) is 0 Å². The number of hydrogen-bond donors (Lipinski definition) is 1. The summed E-state index contributed by atoms with van der Waals surface area (Å²) in [5, 5.41) is 0. The fourth-order valence-corrected chi connectivity index (χ4v) is 3.38. The van der Waals surface area contributed by atoms with Crippen LogP contribution in [0.15, 0.2) is 0 Å². The van der Waals surface area contributed by atoms with Crippen molar-refractivity contribution in [1.82, 2.24) is 4.90 Å². The van der Waals surface area contributed by atoms with E-state index in [9.17, 15) is 0 Å². The molecule has 0 amide bonds. The van der Waals surface area contributed by atoms with Crippen molar-refractivity contribution in [2.45, 2.75) is 77.4 Å². The molecule has 2 aliphatic heterocycles. The molecule has 0 aliphatic carbocycles. The molecule has 2 rings (SSSR count). The van der Waals surface area contributed by atoms with Gasteiger partial charge in [-0.2, -0.15) is 0 Å². The fourth-order valence-electron chi connectivity index (χ4n) is 3.38. The average Bonchev–Trinajstić information content (AvgIpc) is 2.19. The molecule has 2 aliphatic rings. The Kier molecular flexibility index (Phi) is 3.60. The molecule has 0 radical (unpaired) electrons. The first kappa shape index (κ1) is 12.4. The zero-order valence-electron chi connectivity index (χ0n) is 11.2. The van der Waals surface area contributed by atoms with Gasteiger partial charge in [-0.25, -0.2) is 0 Å². The fraction of sp³-hybridized carbons (Fsp3) is 1.00. The first-order valence-corrected chi connectivity index (χ1v) is 7.03. The molecule has 2 saturated heterocycles. The number of fused-ring (bicyclic) bond motifs is 2. The van der Waals surface area contributed by atoms with Gasteiger partial charge in [0, 0.05) is 24.7 Å². The number of rotatable bonds is 3. The Labute approximate surface area is 101 Å². The minimum atomic E-state index is 0.468. The molecule has 0 aromatic heterocycles. The maximum Gasteiger partial charge on any atom is 0.0113 e. The van der Waals surface area contributed by atoms with Crippen molar-refractivity contribution in [3.8, 4) is 0 Å². The summed E-state index contributed by atoms with van der Waals surface area (Å²) in [5.41, 5.74) is 6.62. The first-order chi connectivity index (χ1) is 7.52. The maximum atomic E-state index is 6.16. The van der Waals surface area contributed by atoms with E-state index in [1.54, 1.807) is 0 Å². The molecule has 0 aromatic carbocycles. The molecule has 94 valence electrons. The quantitative estimate of drug-likeness (QED) is 0.798. The number of hydrogen-bond acceptors (Lipinski definition) is 2. The lowest BCUT2D eigenvalue weighted by Crippen LogP contribution is -2.57. The minimum Gasteiger partial charge on any atom is -0.328 e. The molecule has 2 fully saturated rings. The second-order valence-electron chi connectivity index (χ2n) is 6.66. The lowest BCUT2D eigenvalue weighted by atomic mass is 9.79. The summed E-state index contributed by atoms with van der Waals surface area (Å²) in [6, 6.07) is 2.04. The summed E-state index contributed by atoms with van der Waals surface area (Å²) in [6.45, 7) is 8.38. The van der Waals surface area contributed by atoms with Crippen molar-refractivity contribution < 1.29 is 0 Å². The van der Waals surface area contributed by atoms with Gasteiger partial charge < -0.3 is 5.73 Å². The zero-order valence-corrected chi connectivity index (χ0v) is 11.2. The summed E-state index contributed by atoms with van der Waals surface area (Å²) in [5.74, 6) is 0. The van der Waals surface area contributed by atoms with E-state index in [1.807, 2.05) is 0 Å². The van der Waals surface area contributed by atoms with E-state index in [1.165, 1.54) is 45.1 Å².